The van der Waals surface area contributed by atoms with E-state index in [2.05, 4.69) is 37.9 Å². The molecular formula is C16H34N2. The van der Waals surface area contributed by atoms with Gasteiger partial charge in [0.25, 0.3) is 0 Å². The molecule has 0 bridgehead atoms. The molecule has 0 saturated heterocycles. The van der Waals surface area contributed by atoms with Gasteiger partial charge in [0.2, 0.25) is 0 Å². The van der Waals surface area contributed by atoms with Gasteiger partial charge in [0.15, 0.2) is 0 Å². The highest BCUT2D eigenvalue weighted by molar-refractivity contribution is 4.73. The van der Waals surface area contributed by atoms with E-state index in [0.717, 1.165) is 12.5 Å². The largest absolute Gasteiger partial charge is 0.312 e. The van der Waals surface area contributed by atoms with Crippen molar-refractivity contribution in [3.8, 4) is 0 Å². The normalized spacial score (nSPS) is 17.2. The Bertz CT molecular complexity index is 204. The Kier molecular flexibility index (Phi) is 7.25. The Morgan fingerprint density at radius 1 is 1.11 bits per heavy atom. The van der Waals surface area contributed by atoms with Gasteiger partial charge in [-0.15, -0.1) is 0 Å². The summed E-state index contributed by atoms with van der Waals surface area (Å²) < 4.78 is 0. The summed E-state index contributed by atoms with van der Waals surface area (Å²) in [4.78, 5) is 2.65. The molecule has 2 heteroatoms. The smallest absolute Gasteiger partial charge is 0.00965 e. The average Bonchev–Trinajstić information content (AvgIpc) is 2.23. The van der Waals surface area contributed by atoms with E-state index in [9.17, 15) is 0 Å². The number of hydrogen-bond acceptors (Lipinski definition) is 2. The summed E-state index contributed by atoms with van der Waals surface area (Å²) in [7, 11) is 0. The van der Waals surface area contributed by atoms with Gasteiger partial charge >= 0.3 is 0 Å². The van der Waals surface area contributed by atoms with Crippen molar-refractivity contribution in [2.24, 2.45) is 5.92 Å². The zero-order chi connectivity index (χ0) is 13.4. The first kappa shape index (κ1) is 16.0. The molecule has 1 rings (SSSR count). The highest BCUT2D eigenvalue weighted by Gasteiger charge is 2.19. The van der Waals surface area contributed by atoms with E-state index >= 15 is 0 Å². The lowest BCUT2D eigenvalue weighted by Gasteiger charge is -2.31. The van der Waals surface area contributed by atoms with Gasteiger partial charge in [-0.05, 0) is 72.0 Å². The predicted octanol–water partition coefficient (Wildman–Crippen LogP) is 3.67. The lowest BCUT2D eigenvalue weighted by atomic mass is 9.85. The van der Waals surface area contributed by atoms with Gasteiger partial charge in [0.1, 0.15) is 0 Å². The molecule has 1 N–H and O–H groups in total. The maximum atomic E-state index is 3.56. The first-order valence-corrected chi connectivity index (χ1v) is 7.98. The molecule has 0 aromatic carbocycles. The second-order valence-corrected chi connectivity index (χ2v) is 6.93. The highest BCUT2D eigenvalue weighted by atomic mass is 15.1. The van der Waals surface area contributed by atoms with Gasteiger partial charge in [-0.2, -0.15) is 0 Å². The van der Waals surface area contributed by atoms with Crippen LogP contribution in [0.15, 0.2) is 0 Å². The van der Waals surface area contributed by atoms with Gasteiger partial charge in [0.05, 0.1) is 0 Å². The van der Waals surface area contributed by atoms with Crippen LogP contribution in [-0.2, 0) is 0 Å². The third kappa shape index (κ3) is 7.38. The molecule has 0 aliphatic heterocycles. The van der Waals surface area contributed by atoms with E-state index < -0.39 is 0 Å². The molecular weight excluding hydrogens is 220 g/mol. The highest BCUT2D eigenvalue weighted by Crippen LogP contribution is 2.27. The van der Waals surface area contributed by atoms with E-state index in [-0.39, 0.29) is 5.54 Å². The molecule has 0 unspecified atom stereocenters. The topological polar surface area (TPSA) is 15.3 Å². The Labute approximate surface area is 115 Å². The Morgan fingerprint density at radius 2 is 1.83 bits per heavy atom. The van der Waals surface area contributed by atoms with Gasteiger partial charge in [-0.25, -0.2) is 0 Å². The van der Waals surface area contributed by atoms with Crippen LogP contribution < -0.4 is 5.32 Å². The van der Waals surface area contributed by atoms with E-state index in [1.165, 1.54) is 58.2 Å². The molecule has 0 atom stereocenters. The number of nitrogens with one attached hydrogen (secondary N) is 1. The fraction of sp³-hybridized carbons (Fsp3) is 1.00. The van der Waals surface area contributed by atoms with Gasteiger partial charge in [0, 0.05) is 12.1 Å². The van der Waals surface area contributed by atoms with Crippen molar-refractivity contribution in [1.82, 2.24) is 10.2 Å². The fourth-order valence-electron chi connectivity index (χ4n) is 2.52. The lowest BCUT2D eigenvalue weighted by Crippen LogP contribution is -2.36. The third-order valence-corrected chi connectivity index (χ3v) is 3.99. The molecule has 0 radical (unpaired) electrons. The van der Waals surface area contributed by atoms with Crippen LogP contribution in [0.25, 0.3) is 0 Å². The number of nitrogens with zero attached hydrogens (tertiary/aromatic N) is 1. The Morgan fingerprint density at radius 3 is 2.33 bits per heavy atom. The molecule has 0 aromatic heterocycles. The van der Waals surface area contributed by atoms with Crippen molar-refractivity contribution >= 4 is 0 Å². The molecule has 1 aliphatic carbocycles. The predicted molar refractivity (Wildman–Crippen MR) is 81.1 cm³/mol. The van der Waals surface area contributed by atoms with E-state index in [1.54, 1.807) is 0 Å². The minimum absolute atomic E-state index is 0.277. The molecule has 0 amide bonds. The van der Waals surface area contributed by atoms with Gasteiger partial charge in [-0.3, -0.25) is 0 Å². The summed E-state index contributed by atoms with van der Waals surface area (Å²) in [6.45, 7) is 14.1. The van der Waals surface area contributed by atoms with Crippen molar-refractivity contribution in [3.05, 3.63) is 0 Å². The molecule has 2 nitrogen and oxygen atoms in total. The van der Waals surface area contributed by atoms with E-state index in [1.807, 2.05) is 0 Å². The summed E-state index contributed by atoms with van der Waals surface area (Å²) in [5.41, 5.74) is 0.277. The quantitative estimate of drug-likeness (QED) is 0.632. The van der Waals surface area contributed by atoms with Gasteiger partial charge in [-0.1, -0.05) is 19.8 Å². The van der Waals surface area contributed by atoms with Crippen LogP contribution in [0.3, 0.4) is 0 Å². The third-order valence-electron chi connectivity index (χ3n) is 3.99. The van der Waals surface area contributed by atoms with Crippen LogP contribution in [0, 0.1) is 5.92 Å². The monoisotopic (exact) mass is 254 g/mol. The zero-order valence-corrected chi connectivity index (χ0v) is 13.1. The molecule has 0 aromatic rings. The van der Waals surface area contributed by atoms with Crippen molar-refractivity contribution in [1.29, 1.82) is 0 Å². The summed E-state index contributed by atoms with van der Waals surface area (Å²) in [5.74, 6) is 1.02. The van der Waals surface area contributed by atoms with Crippen molar-refractivity contribution in [2.45, 2.75) is 71.8 Å². The minimum Gasteiger partial charge on any atom is -0.312 e. The Hall–Kier alpha value is -0.0800. The molecule has 1 saturated carbocycles. The van der Waals surface area contributed by atoms with Crippen molar-refractivity contribution in [2.75, 3.05) is 26.2 Å². The summed E-state index contributed by atoms with van der Waals surface area (Å²) >= 11 is 0. The summed E-state index contributed by atoms with van der Waals surface area (Å²) in [6.07, 6.45) is 8.48. The van der Waals surface area contributed by atoms with Crippen LogP contribution in [-0.4, -0.2) is 36.6 Å². The van der Waals surface area contributed by atoms with Crippen molar-refractivity contribution in [3.63, 3.8) is 0 Å². The minimum atomic E-state index is 0.277. The van der Waals surface area contributed by atoms with Crippen LogP contribution in [0.4, 0.5) is 0 Å². The molecule has 0 spiro atoms. The molecule has 108 valence electrons. The number of hydrogen-bond donors (Lipinski definition) is 1. The number of unbranched alkanes of at least 4 members (excludes halogenated alkanes) is 2. The molecule has 0 heterocycles. The maximum absolute atomic E-state index is 3.56. The molecule has 18 heavy (non-hydrogen) atoms. The van der Waals surface area contributed by atoms with E-state index in [4.69, 9.17) is 0 Å². The second-order valence-electron chi connectivity index (χ2n) is 6.93. The SMILES string of the molecule is CCN(CCCCCNC(C)(C)C)CC1CCC1. The average molecular weight is 254 g/mol. The lowest BCUT2D eigenvalue weighted by molar-refractivity contribution is 0.181. The van der Waals surface area contributed by atoms with E-state index in [0.29, 0.717) is 0 Å². The Balaban J connectivity index is 1.94. The first-order valence-electron chi connectivity index (χ1n) is 7.98. The second kappa shape index (κ2) is 8.16. The van der Waals surface area contributed by atoms with Crippen molar-refractivity contribution < 1.29 is 0 Å². The standard InChI is InChI=1S/C16H34N2/c1-5-18(14-15-10-9-11-15)13-8-6-7-12-17-16(2,3)4/h15,17H,5-14H2,1-4H3. The summed E-state index contributed by atoms with van der Waals surface area (Å²) in [5, 5.41) is 3.56. The maximum Gasteiger partial charge on any atom is 0.00965 e. The molecule has 1 aliphatic rings. The molecule has 1 fully saturated rings. The van der Waals surface area contributed by atoms with Crippen LogP contribution >= 0.6 is 0 Å². The summed E-state index contributed by atoms with van der Waals surface area (Å²) in [6, 6.07) is 0. The van der Waals surface area contributed by atoms with Crippen LogP contribution in [0.5, 0.6) is 0 Å². The fourth-order valence-corrected chi connectivity index (χ4v) is 2.52. The first-order chi connectivity index (χ1) is 8.51. The van der Waals surface area contributed by atoms with Crippen LogP contribution in [0.2, 0.25) is 0 Å². The van der Waals surface area contributed by atoms with Crippen LogP contribution in [0.1, 0.15) is 66.2 Å². The van der Waals surface area contributed by atoms with Gasteiger partial charge < -0.3 is 10.2 Å². The zero-order valence-electron chi connectivity index (χ0n) is 13.1. The number of rotatable bonds is 9.